The Morgan fingerprint density at radius 1 is 1.05 bits per heavy atom. The van der Waals surface area contributed by atoms with Crippen LogP contribution >= 0.6 is 0 Å². The predicted octanol–water partition coefficient (Wildman–Crippen LogP) is 3.07. The summed E-state index contributed by atoms with van der Waals surface area (Å²) in [6.07, 6.45) is 2.10. The van der Waals surface area contributed by atoms with Gasteiger partial charge in [0.05, 0.1) is 12.7 Å². The number of hydrogen-bond donors (Lipinski definition) is 1. The lowest BCUT2D eigenvalue weighted by Crippen LogP contribution is -2.29. The van der Waals surface area contributed by atoms with E-state index in [4.69, 9.17) is 4.74 Å². The van der Waals surface area contributed by atoms with Crippen molar-refractivity contribution in [1.82, 2.24) is 4.90 Å². The Bertz CT molecular complexity index is 643. The van der Waals surface area contributed by atoms with Crippen LogP contribution < -0.4 is 0 Å². The first kappa shape index (κ1) is 13.9. The van der Waals surface area contributed by atoms with Gasteiger partial charge in [-0.25, -0.2) is 0 Å². The lowest BCUT2D eigenvalue weighted by Gasteiger charge is -2.29. The summed E-state index contributed by atoms with van der Waals surface area (Å²) in [5, 5.41) is 9.53. The summed E-state index contributed by atoms with van der Waals surface area (Å²) in [5.41, 5.74) is 4.04. The Hall–Kier alpha value is -1.68. The monoisotopic (exact) mass is 295 g/mol. The zero-order chi connectivity index (χ0) is 14.9. The van der Waals surface area contributed by atoms with Gasteiger partial charge in [0.25, 0.3) is 0 Å². The summed E-state index contributed by atoms with van der Waals surface area (Å²) in [6.45, 7) is 0.864. The minimum Gasteiger partial charge on any atom is -0.394 e. The van der Waals surface area contributed by atoms with Gasteiger partial charge >= 0.3 is 0 Å². The lowest BCUT2D eigenvalue weighted by molar-refractivity contribution is -0.0306. The van der Waals surface area contributed by atoms with Crippen LogP contribution in [0.2, 0.25) is 0 Å². The number of aryl methyl sites for hydroxylation is 1. The van der Waals surface area contributed by atoms with Crippen LogP contribution in [0, 0.1) is 0 Å². The van der Waals surface area contributed by atoms with Crippen LogP contribution in [-0.2, 0) is 11.2 Å². The third-order valence-electron chi connectivity index (χ3n) is 4.83. The van der Waals surface area contributed by atoms with E-state index in [0.29, 0.717) is 6.04 Å². The Kier molecular flexibility index (Phi) is 3.70. The van der Waals surface area contributed by atoms with Crippen molar-refractivity contribution in [3.8, 4) is 0 Å². The molecular weight excluding hydrogens is 274 g/mol. The summed E-state index contributed by atoms with van der Waals surface area (Å²) < 4.78 is 6.11. The molecule has 0 aromatic heterocycles. The number of ether oxygens (including phenoxy) is 1. The highest BCUT2D eigenvalue weighted by molar-refractivity contribution is 5.35. The van der Waals surface area contributed by atoms with Gasteiger partial charge in [-0.15, -0.1) is 0 Å². The zero-order valence-corrected chi connectivity index (χ0v) is 12.6. The standard InChI is InChI=1S/C19H21NO2/c21-13-16-12-20(19(22-16)15-7-2-1-3-8-15)18-11-10-14-6-4-5-9-17(14)18/h1-9,16,18-19,21H,10-13H2/t16-,18+,19-/m0/s1. The fourth-order valence-electron chi connectivity index (χ4n) is 3.79. The SMILES string of the molecule is OC[C@@H]1CN([C@@H]2CCc3ccccc32)[C@H](c2ccccc2)O1. The van der Waals surface area contributed by atoms with Gasteiger partial charge in [-0.05, 0) is 29.5 Å². The van der Waals surface area contributed by atoms with E-state index in [1.165, 1.54) is 16.7 Å². The second-order valence-corrected chi connectivity index (χ2v) is 6.15. The highest BCUT2D eigenvalue weighted by atomic mass is 16.5. The van der Waals surface area contributed by atoms with Crippen LogP contribution in [0.5, 0.6) is 0 Å². The van der Waals surface area contributed by atoms with Crippen molar-refractivity contribution in [1.29, 1.82) is 0 Å². The molecule has 3 atom stereocenters. The van der Waals surface area contributed by atoms with Gasteiger partial charge in [-0.1, -0.05) is 54.6 Å². The van der Waals surface area contributed by atoms with Gasteiger partial charge in [0.15, 0.2) is 0 Å². The van der Waals surface area contributed by atoms with Gasteiger partial charge in [0.2, 0.25) is 0 Å². The molecule has 0 spiro atoms. The molecule has 2 aromatic rings. The number of benzene rings is 2. The van der Waals surface area contributed by atoms with Crippen molar-refractivity contribution >= 4 is 0 Å². The van der Waals surface area contributed by atoms with E-state index in [0.717, 1.165) is 19.4 Å². The summed E-state index contributed by atoms with van der Waals surface area (Å²) in [4.78, 5) is 2.42. The number of aliphatic hydroxyl groups is 1. The number of rotatable bonds is 3. The first-order valence-corrected chi connectivity index (χ1v) is 8.01. The molecule has 2 aromatic carbocycles. The summed E-state index contributed by atoms with van der Waals surface area (Å²) >= 11 is 0. The molecule has 2 aliphatic rings. The Labute approximate surface area is 131 Å². The Morgan fingerprint density at radius 3 is 2.64 bits per heavy atom. The Balaban J connectivity index is 1.67. The van der Waals surface area contributed by atoms with E-state index in [1.54, 1.807) is 0 Å². The maximum Gasteiger partial charge on any atom is 0.137 e. The molecule has 3 nitrogen and oxygen atoms in total. The second-order valence-electron chi connectivity index (χ2n) is 6.15. The van der Waals surface area contributed by atoms with Crippen LogP contribution in [0.1, 0.15) is 35.4 Å². The molecule has 0 amide bonds. The highest BCUT2D eigenvalue weighted by Gasteiger charge is 2.40. The topological polar surface area (TPSA) is 32.7 Å². The maximum atomic E-state index is 9.53. The van der Waals surface area contributed by atoms with Crippen molar-refractivity contribution < 1.29 is 9.84 Å². The van der Waals surface area contributed by atoms with Gasteiger partial charge < -0.3 is 9.84 Å². The lowest BCUT2D eigenvalue weighted by atomic mass is 10.1. The van der Waals surface area contributed by atoms with Gasteiger partial charge in [-0.2, -0.15) is 0 Å². The predicted molar refractivity (Wildman–Crippen MR) is 85.4 cm³/mol. The minimum atomic E-state index is -0.0991. The van der Waals surface area contributed by atoms with Gasteiger partial charge in [-0.3, -0.25) is 4.90 Å². The first-order valence-electron chi connectivity index (χ1n) is 8.01. The summed E-state index contributed by atoms with van der Waals surface area (Å²) in [6, 6.07) is 19.4. The van der Waals surface area contributed by atoms with E-state index in [-0.39, 0.29) is 18.9 Å². The van der Waals surface area contributed by atoms with Crippen molar-refractivity contribution in [2.45, 2.75) is 31.2 Å². The smallest absolute Gasteiger partial charge is 0.137 e. The number of nitrogens with zero attached hydrogens (tertiary/aromatic N) is 1. The quantitative estimate of drug-likeness (QED) is 0.944. The van der Waals surface area contributed by atoms with E-state index < -0.39 is 0 Å². The molecule has 1 aliphatic carbocycles. The largest absolute Gasteiger partial charge is 0.394 e. The molecule has 0 unspecified atom stereocenters. The molecule has 1 N–H and O–H groups in total. The summed E-state index contributed by atoms with van der Waals surface area (Å²) in [7, 11) is 0. The highest BCUT2D eigenvalue weighted by Crippen LogP contribution is 2.43. The van der Waals surface area contributed by atoms with Crippen molar-refractivity contribution in [2.24, 2.45) is 0 Å². The van der Waals surface area contributed by atoms with Gasteiger partial charge in [0, 0.05) is 12.6 Å². The van der Waals surface area contributed by atoms with Crippen LogP contribution in [0.15, 0.2) is 54.6 Å². The normalized spacial score (nSPS) is 28.0. The second kappa shape index (κ2) is 5.84. The molecule has 1 saturated heterocycles. The minimum absolute atomic E-state index is 0.0606. The van der Waals surface area contributed by atoms with Crippen molar-refractivity contribution in [2.75, 3.05) is 13.2 Å². The number of fused-ring (bicyclic) bond motifs is 1. The van der Waals surface area contributed by atoms with Crippen LogP contribution in [0.3, 0.4) is 0 Å². The molecule has 3 heteroatoms. The molecule has 1 fully saturated rings. The summed E-state index contributed by atoms with van der Waals surface area (Å²) in [5.74, 6) is 0. The first-order chi connectivity index (χ1) is 10.9. The zero-order valence-electron chi connectivity index (χ0n) is 12.6. The maximum absolute atomic E-state index is 9.53. The molecular formula is C19H21NO2. The number of hydrogen-bond acceptors (Lipinski definition) is 3. The average Bonchev–Trinajstić information content (AvgIpc) is 3.19. The van der Waals surface area contributed by atoms with Crippen LogP contribution in [0.4, 0.5) is 0 Å². The van der Waals surface area contributed by atoms with E-state index in [2.05, 4.69) is 41.3 Å². The molecule has 1 heterocycles. The third kappa shape index (κ3) is 2.35. The van der Waals surface area contributed by atoms with E-state index in [1.807, 2.05) is 18.2 Å². The molecule has 22 heavy (non-hydrogen) atoms. The van der Waals surface area contributed by atoms with Crippen molar-refractivity contribution in [3.63, 3.8) is 0 Å². The van der Waals surface area contributed by atoms with Gasteiger partial charge in [0.1, 0.15) is 6.23 Å². The molecule has 4 rings (SSSR count). The molecule has 1 aliphatic heterocycles. The Morgan fingerprint density at radius 2 is 1.82 bits per heavy atom. The fraction of sp³-hybridized carbons (Fsp3) is 0.368. The molecule has 0 radical (unpaired) electrons. The molecule has 0 saturated carbocycles. The van der Waals surface area contributed by atoms with Crippen LogP contribution in [0.25, 0.3) is 0 Å². The van der Waals surface area contributed by atoms with E-state index in [9.17, 15) is 5.11 Å². The third-order valence-corrected chi connectivity index (χ3v) is 4.83. The molecule has 0 bridgehead atoms. The van der Waals surface area contributed by atoms with Crippen LogP contribution in [-0.4, -0.2) is 29.3 Å². The van der Waals surface area contributed by atoms with Crippen molar-refractivity contribution in [3.05, 3.63) is 71.3 Å². The molecule has 114 valence electrons. The average molecular weight is 295 g/mol. The number of aliphatic hydroxyl groups excluding tert-OH is 1. The van der Waals surface area contributed by atoms with E-state index >= 15 is 0 Å². The fourth-order valence-corrected chi connectivity index (χ4v) is 3.79.